The van der Waals surface area contributed by atoms with Gasteiger partial charge in [0.2, 0.25) is 10.0 Å². The number of morpholine rings is 1. The van der Waals surface area contributed by atoms with Gasteiger partial charge in [-0.15, -0.1) is 0 Å². The van der Waals surface area contributed by atoms with Crippen LogP contribution in [0.5, 0.6) is 0 Å². The van der Waals surface area contributed by atoms with Crippen LogP contribution in [-0.2, 0) is 26.5 Å². The maximum atomic E-state index is 12.6. The van der Waals surface area contributed by atoms with Crippen molar-refractivity contribution in [1.82, 2.24) is 14.1 Å². The lowest BCUT2D eigenvalue weighted by Gasteiger charge is -2.41. The first-order chi connectivity index (χ1) is 9.24. The molecule has 0 radical (unpaired) electrons. The van der Waals surface area contributed by atoms with E-state index in [2.05, 4.69) is 5.10 Å². The Kier molecular flexibility index (Phi) is 4.19. The first-order valence-corrected chi connectivity index (χ1v) is 7.84. The fourth-order valence-electron chi connectivity index (χ4n) is 2.38. The first kappa shape index (κ1) is 15.4. The van der Waals surface area contributed by atoms with E-state index in [1.54, 1.807) is 14.2 Å². The molecule has 0 saturated carbocycles. The van der Waals surface area contributed by atoms with Crippen LogP contribution < -0.4 is 0 Å². The average Bonchev–Trinajstić information content (AvgIpc) is 2.75. The minimum Gasteiger partial charge on any atom is -0.382 e. The van der Waals surface area contributed by atoms with Crippen LogP contribution >= 0.6 is 0 Å². The molecule has 7 nitrogen and oxygen atoms in total. The molecule has 1 aromatic heterocycles. The zero-order valence-electron chi connectivity index (χ0n) is 12.2. The van der Waals surface area contributed by atoms with Gasteiger partial charge in [-0.3, -0.25) is 4.68 Å². The van der Waals surface area contributed by atoms with E-state index in [9.17, 15) is 8.42 Å². The van der Waals surface area contributed by atoms with E-state index in [4.69, 9.17) is 9.47 Å². The molecule has 1 aromatic rings. The lowest BCUT2D eigenvalue weighted by molar-refractivity contribution is -0.135. The van der Waals surface area contributed by atoms with Gasteiger partial charge in [0.1, 0.15) is 4.90 Å². The summed E-state index contributed by atoms with van der Waals surface area (Å²) in [6, 6.07) is 0. The summed E-state index contributed by atoms with van der Waals surface area (Å²) in [7, 11) is -0.284. The molecule has 2 rings (SSSR count). The molecule has 20 heavy (non-hydrogen) atoms. The maximum Gasteiger partial charge on any atom is 0.246 e. The summed E-state index contributed by atoms with van der Waals surface area (Å²) in [6.45, 7) is 4.71. The topological polar surface area (TPSA) is 73.7 Å². The third-order valence-electron chi connectivity index (χ3n) is 3.12. The summed E-state index contributed by atoms with van der Waals surface area (Å²) < 4.78 is 39.1. The molecule has 0 N–H and O–H groups in total. The third kappa shape index (κ3) is 3.20. The predicted molar refractivity (Wildman–Crippen MR) is 72.8 cm³/mol. The van der Waals surface area contributed by atoms with E-state index < -0.39 is 15.6 Å². The molecular weight excluding hydrogens is 282 g/mol. The van der Waals surface area contributed by atoms with Crippen LogP contribution in [0.15, 0.2) is 17.3 Å². The van der Waals surface area contributed by atoms with Crippen molar-refractivity contribution in [2.45, 2.75) is 30.4 Å². The second kappa shape index (κ2) is 5.44. The fraction of sp³-hybridized carbons (Fsp3) is 0.750. The van der Waals surface area contributed by atoms with E-state index in [1.165, 1.54) is 21.4 Å². The number of nitrogens with zero attached hydrogens (tertiary/aromatic N) is 3. The second-order valence-electron chi connectivity index (χ2n) is 5.60. The number of sulfonamides is 1. The summed E-state index contributed by atoms with van der Waals surface area (Å²) in [5.41, 5.74) is -0.545. The van der Waals surface area contributed by atoms with Crippen LogP contribution in [0.3, 0.4) is 0 Å². The van der Waals surface area contributed by atoms with Crippen molar-refractivity contribution in [3.05, 3.63) is 12.4 Å². The molecule has 1 aliphatic heterocycles. The number of aryl methyl sites for hydroxylation is 1. The monoisotopic (exact) mass is 303 g/mol. The molecule has 0 spiro atoms. The Morgan fingerprint density at radius 1 is 1.55 bits per heavy atom. The van der Waals surface area contributed by atoms with Gasteiger partial charge in [0.05, 0.1) is 24.5 Å². The largest absolute Gasteiger partial charge is 0.382 e. The summed E-state index contributed by atoms with van der Waals surface area (Å²) in [5, 5.41) is 3.92. The van der Waals surface area contributed by atoms with Crippen molar-refractivity contribution in [1.29, 1.82) is 0 Å². The zero-order valence-corrected chi connectivity index (χ0v) is 13.1. The van der Waals surface area contributed by atoms with Gasteiger partial charge in [0.15, 0.2) is 0 Å². The first-order valence-electron chi connectivity index (χ1n) is 6.40. The molecule has 0 amide bonds. The standard InChI is InChI=1S/C12H21N3O4S/c1-12(2)9-15(6-10(19-12)8-18-4)20(16,17)11-5-13-14(3)7-11/h5,7,10H,6,8-9H2,1-4H3/t10-/m1/s1. The molecule has 0 aromatic carbocycles. The molecule has 1 aliphatic rings. The summed E-state index contributed by atoms with van der Waals surface area (Å²) in [6.07, 6.45) is 2.60. The molecule has 1 fully saturated rings. The number of hydrogen-bond acceptors (Lipinski definition) is 5. The van der Waals surface area contributed by atoms with Gasteiger partial charge in [-0.25, -0.2) is 8.42 Å². The van der Waals surface area contributed by atoms with Crippen LogP contribution in [0.4, 0.5) is 0 Å². The molecule has 8 heteroatoms. The molecule has 0 aliphatic carbocycles. The highest BCUT2D eigenvalue weighted by Gasteiger charge is 2.39. The number of ether oxygens (including phenoxy) is 2. The Balaban J connectivity index is 2.26. The second-order valence-corrected chi connectivity index (χ2v) is 7.54. The normalized spacial score (nSPS) is 23.9. The quantitative estimate of drug-likeness (QED) is 0.796. The Hall–Kier alpha value is -0.960. The Bertz CT molecular complexity index is 567. The number of methoxy groups -OCH3 is 1. The molecule has 0 bridgehead atoms. The Morgan fingerprint density at radius 2 is 2.25 bits per heavy atom. The van der Waals surface area contributed by atoms with Gasteiger partial charge in [-0.2, -0.15) is 9.40 Å². The average molecular weight is 303 g/mol. The van der Waals surface area contributed by atoms with Crippen molar-refractivity contribution in [3.8, 4) is 0 Å². The van der Waals surface area contributed by atoms with E-state index in [1.807, 2.05) is 13.8 Å². The molecule has 0 unspecified atom stereocenters. The molecule has 2 heterocycles. The smallest absolute Gasteiger partial charge is 0.246 e. The highest BCUT2D eigenvalue weighted by Crippen LogP contribution is 2.26. The summed E-state index contributed by atoms with van der Waals surface area (Å²) in [4.78, 5) is 0.203. The Labute approximate surface area is 119 Å². The van der Waals surface area contributed by atoms with Crippen LogP contribution in [-0.4, -0.2) is 61.0 Å². The third-order valence-corrected chi connectivity index (χ3v) is 4.89. The highest BCUT2D eigenvalue weighted by atomic mass is 32.2. The van der Waals surface area contributed by atoms with Crippen molar-refractivity contribution in [2.24, 2.45) is 7.05 Å². The van der Waals surface area contributed by atoms with E-state index in [-0.39, 0.29) is 17.5 Å². The van der Waals surface area contributed by atoms with E-state index in [0.29, 0.717) is 13.2 Å². The van der Waals surface area contributed by atoms with Gasteiger partial charge >= 0.3 is 0 Å². The van der Waals surface area contributed by atoms with Crippen molar-refractivity contribution in [2.75, 3.05) is 26.8 Å². The van der Waals surface area contributed by atoms with Crippen molar-refractivity contribution in [3.63, 3.8) is 0 Å². The van der Waals surface area contributed by atoms with Crippen LogP contribution in [0, 0.1) is 0 Å². The minimum absolute atomic E-state index is 0.203. The summed E-state index contributed by atoms with van der Waals surface area (Å²) in [5.74, 6) is 0. The molecular formula is C12H21N3O4S. The lowest BCUT2D eigenvalue weighted by Crippen LogP contribution is -2.55. The molecule has 1 atom stereocenters. The summed E-state index contributed by atoms with van der Waals surface area (Å²) >= 11 is 0. The molecule has 1 saturated heterocycles. The van der Waals surface area contributed by atoms with Crippen LogP contribution in [0.1, 0.15) is 13.8 Å². The fourth-order valence-corrected chi connectivity index (χ4v) is 3.99. The SMILES string of the molecule is COC[C@H]1CN(S(=O)(=O)c2cnn(C)c2)CC(C)(C)O1. The zero-order chi connectivity index (χ0) is 15.0. The van der Waals surface area contributed by atoms with E-state index >= 15 is 0 Å². The predicted octanol–water partition coefficient (Wildman–Crippen LogP) is 0.235. The highest BCUT2D eigenvalue weighted by molar-refractivity contribution is 7.89. The van der Waals surface area contributed by atoms with Gasteiger partial charge in [-0.1, -0.05) is 0 Å². The van der Waals surface area contributed by atoms with Gasteiger partial charge < -0.3 is 9.47 Å². The lowest BCUT2D eigenvalue weighted by atomic mass is 10.1. The van der Waals surface area contributed by atoms with Gasteiger partial charge in [-0.05, 0) is 13.8 Å². The number of rotatable bonds is 4. The van der Waals surface area contributed by atoms with Crippen molar-refractivity contribution < 1.29 is 17.9 Å². The maximum absolute atomic E-state index is 12.6. The molecule has 114 valence electrons. The van der Waals surface area contributed by atoms with Gasteiger partial charge in [0.25, 0.3) is 0 Å². The minimum atomic E-state index is -3.55. The number of aromatic nitrogens is 2. The number of hydrogen-bond donors (Lipinski definition) is 0. The van der Waals surface area contributed by atoms with E-state index in [0.717, 1.165) is 0 Å². The van der Waals surface area contributed by atoms with Crippen LogP contribution in [0.25, 0.3) is 0 Å². The Morgan fingerprint density at radius 3 is 2.80 bits per heavy atom. The van der Waals surface area contributed by atoms with Crippen molar-refractivity contribution >= 4 is 10.0 Å². The van der Waals surface area contributed by atoms with Crippen LogP contribution in [0.2, 0.25) is 0 Å². The van der Waals surface area contributed by atoms with Gasteiger partial charge in [0, 0.05) is 33.4 Å².